The molecule has 0 radical (unpaired) electrons. The zero-order valence-corrected chi connectivity index (χ0v) is 13.0. The Morgan fingerprint density at radius 1 is 1.26 bits per heavy atom. The van der Waals surface area contributed by atoms with Crippen LogP contribution >= 0.6 is 0 Å². The molecule has 0 aliphatic heterocycles. The van der Waals surface area contributed by atoms with Gasteiger partial charge in [-0.15, -0.1) is 0 Å². The topological polar surface area (TPSA) is 51.2 Å². The predicted molar refractivity (Wildman–Crippen MR) is 83.2 cm³/mol. The van der Waals surface area contributed by atoms with Gasteiger partial charge in [0.05, 0.1) is 18.2 Å². The largest absolute Gasteiger partial charge is 0.462 e. The quantitative estimate of drug-likeness (QED) is 0.814. The van der Waals surface area contributed by atoms with Crippen LogP contribution in [0.2, 0.25) is 0 Å². The third kappa shape index (κ3) is 4.25. The van der Waals surface area contributed by atoms with E-state index in [2.05, 4.69) is 10.3 Å². The zero-order chi connectivity index (χ0) is 16.8. The zero-order valence-electron chi connectivity index (χ0n) is 13.0. The van der Waals surface area contributed by atoms with Gasteiger partial charge >= 0.3 is 5.97 Å². The third-order valence-corrected chi connectivity index (χ3v) is 3.34. The summed E-state index contributed by atoms with van der Waals surface area (Å²) in [5.41, 5.74) is 0.575. The molecule has 23 heavy (non-hydrogen) atoms. The number of rotatable bonds is 6. The van der Waals surface area contributed by atoms with Gasteiger partial charge in [-0.1, -0.05) is 6.92 Å². The van der Waals surface area contributed by atoms with Crippen molar-refractivity contribution in [1.82, 2.24) is 4.98 Å². The van der Waals surface area contributed by atoms with Gasteiger partial charge in [0.15, 0.2) is 0 Å². The Hall–Kier alpha value is -2.50. The molecule has 1 heterocycles. The maximum absolute atomic E-state index is 13.9. The van der Waals surface area contributed by atoms with E-state index in [4.69, 9.17) is 4.74 Å². The van der Waals surface area contributed by atoms with Crippen LogP contribution in [0.15, 0.2) is 36.5 Å². The molecule has 6 heteroatoms. The number of halogens is 2. The minimum Gasteiger partial charge on any atom is -0.462 e. The fraction of sp³-hybridized carbons (Fsp3) is 0.294. The van der Waals surface area contributed by atoms with Crippen molar-refractivity contribution in [3.05, 3.63) is 59.3 Å². The van der Waals surface area contributed by atoms with E-state index in [0.717, 1.165) is 12.1 Å². The molecule has 1 atom stereocenters. The van der Waals surface area contributed by atoms with E-state index in [9.17, 15) is 13.6 Å². The highest BCUT2D eigenvalue weighted by molar-refractivity contribution is 5.89. The van der Waals surface area contributed by atoms with Crippen molar-refractivity contribution in [2.24, 2.45) is 0 Å². The molecular weight excluding hydrogens is 302 g/mol. The highest BCUT2D eigenvalue weighted by Gasteiger charge is 2.16. The molecule has 1 aromatic heterocycles. The first-order chi connectivity index (χ1) is 11.0. The second-order valence-electron chi connectivity index (χ2n) is 4.92. The van der Waals surface area contributed by atoms with Gasteiger partial charge in [0.1, 0.15) is 17.5 Å². The maximum Gasteiger partial charge on any atom is 0.339 e. The fourth-order valence-corrected chi connectivity index (χ4v) is 2.17. The second-order valence-corrected chi connectivity index (χ2v) is 4.92. The lowest BCUT2D eigenvalue weighted by Crippen LogP contribution is -2.13. The van der Waals surface area contributed by atoms with E-state index in [1.807, 2.05) is 6.92 Å². The number of esters is 1. The number of anilines is 1. The number of carbonyl (C=O) groups is 1. The van der Waals surface area contributed by atoms with Crippen LogP contribution in [0.1, 0.15) is 42.2 Å². The summed E-state index contributed by atoms with van der Waals surface area (Å²) in [4.78, 5) is 15.7. The molecule has 0 saturated heterocycles. The van der Waals surface area contributed by atoms with Crippen LogP contribution in [0.4, 0.5) is 14.6 Å². The number of hydrogen-bond donors (Lipinski definition) is 1. The molecular formula is C17H18F2N2O2. The Morgan fingerprint density at radius 3 is 2.65 bits per heavy atom. The molecule has 1 N–H and O–H groups in total. The van der Waals surface area contributed by atoms with Crippen LogP contribution in [-0.4, -0.2) is 17.6 Å². The molecule has 4 nitrogen and oxygen atoms in total. The Kier molecular flexibility index (Phi) is 5.62. The molecule has 1 unspecified atom stereocenters. The maximum atomic E-state index is 13.9. The first kappa shape index (κ1) is 16.9. The average Bonchev–Trinajstić information content (AvgIpc) is 2.56. The van der Waals surface area contributed by atoms with Crippen molar-refractivity contribution in [2.45, 2.75) is 26.3 Å². The number of nitrogens with one attached hydrogen (secondary N) is 1. The summed E-state index contributed by atoms with van der Waals surface area (Å²) in [6.07, 6.45) is 1.93. The van der Waals surface area contributed by atoms with Crippen molar-refractivity contribution < 1.29 is 18.3 Å². The Morgan fingerprint density at radius 2 is 2.04 bits per heavy atom. The first-order valence-corrected chi connectivity index (χ1v) is 7.39. The molecule has 2 rings (SSSR count). The van der Waals surface area contributed by atoms with Gasteiger partial charge in [-0.2, -0.15) is 0 Å². The Labute approximate surface area is 133 Å². The van der Waals surface area contributed by atoms with Gasteiger partial charge in [0, 0.05) is 11.8 Å². The standard InChI is InChI=1S/C17H18F2N2O2/c1-3-15(13-9-12(18)6-7-14(13)19)21-16-8-5-11(10-20-16)17(22)23-4-2/h5-10,15H,3-4H2,1-2H3,(H,20,21). The molecule has 0 bridgehead atoms. The lowest BCUT2D eigenvalue weighted by molar-refractivity contribution is 0.0526. The normalized spacial score (nSPS) is 11.8. The van der Waals surface area contributed by atoms with E-state index in [1.54, 1.807) is 19.1 Å². The average molecular weight is 320 g/mol. The fourth-order valence-electron chi connectivity index (χ4n) is 2.17. The van der Waals surface area contributed by atoms with Crippen LogP contribution in [-0.2, 0) is 4.74 Å². The number of aromatic nitrogens is 1. The SMILES string of the molecule is CCOC(=O)c1ccc(NC(CC)c2cc(F)ccc2F)nc1. The molecule has 0 saturated carbocycles. The molecule has 0 spiro atoms. The van der Waals surface area contributed by atoms with Crippen molar-refractivity contribution >= 4 is 11.8 Å². The molecule has 122 valence electrons. The lowest BCUT2D eigenvalue weighted by atomic mass is 10.0. The van der Waals surface area contributed by atoms with Gasteiger partial charge in [0.2, 0.25) is 0 Å². The van der Waals surface area contributed by atoms with Gasteiger partial charge in [-0.25, -0.2) is 18.6 Å². The summed E-state index contributed by atoms with van der Waals surface area (Å²) in [6.45, 7) is 3.87. The Bertz CT molecular complexity index is 675. The van der Waals surface area contributed by atoms with E-state index < -0.39 is 23.6 Å². The highest BCUT2D eigenvalue weighted by atomic mass is 19.1. The number of benzene rings is 1. The molecule has 2 aromatic rings. The van der Waals surface area contributed by atoms with Gasteiger partial charge in [-0.05, 0) is 43.7 Å². The van der Waals surface area contributed by atoms with Crippen molar-refractivity contribution in [3.8, 4) is 0 Å². The summed E-state index contributed by atoms with van der Waals surface area (Å²) in [5.74, 6) is -0.954. The van der Waals surface area contributed by atoms with E-state index >= 15 is 0 Å². The summed E-state index contributed by atoms with van der Waals surface area (Å²) in [7, 11) is 0. The predicted octanol–water partition coefficient (Wildman–Crippen LogP) is 4.10. The van der Waals surface area contributed by atoms with E-state index in [-0.39, 0.29) is 12.2 Å². The molecule has 0 fully saturated rings. The number of ether oxygens (including phenoxy) is 1. The van der Waals surface area contributed by atoms with Crippen LogP contribution in [0.3, 0.4) is 0 Å². The smallest absolute Gasteiger partial charge is 0.339 e. The number of carbonyl (C=O) groups excluding carboxylic acids is 1. The molecule has 0 aliphatic rings. The summed E-state index contributed by atoms with van der Waals surface area (Å²) in [5, 5.41) is 3.04. The van der Waals surface area contributed by atoms with Crippen LogP contribution in [0, 0.1) is 11.6 Å². The first-order valence-electron chi connectivity index (χ1n) is 7.39. The second kappa shape index (κ2) is 7.67. The van der Waals surface area contributed by atoms with Crippen LogP contribution in [0.25, 0.3) is 0 Å². The minimum absolute atomic E-state index is 0.240. The monoisotopic (exact) mass is 320 g/mol. The molecule has 0 aliphatic carbocycles. The summed E-state index contributed by atoms with van der Waals surface area (Å²) in [6, 6.07) is 6.11. The van der Waals surface area contributed by atoms with Gasteiger partial charge in [-0.3, -0.25) is 0 Å². The van der Waals surface area contributed by atoms with Gasteiger partial charge < -0.3 is 10.1 Å². The third-order valence-electron chi connectivity index (χ3n) is 3.34. The van der Waals surface area contributed by atoms with Crippen LogP contribution in [0.5, 0.6) is 0 Å². The van der Waals surface area contributed by atoms with Crippen molar-refractivity contribution in [1.29, 1.82) is 0 Å². The molecule has 0 amide bonds. The number of hydrogen-bond acceptors (Lipinski definition) is 4. The summed E-state index contributed by atoms with van der Waals surface area (Å²) >= 11 is 0. The number of pyridine rings is 1. The van der Waals surface area contributed by atoms with Gasteiger partial charge in [0.25, 0.3) is 0 Å². The van der Waals surface area contributed by atoms with Crippen LogP contribution < -0.4 is 5.32 Å². The number of nitrogens with zero attached hydrogens (tertiary/aromatic N) is 1. The molecule has 1 aromatic carbocycles. The van der Waals surface area contributed by atoms with E-state index in [1.165, 1.54) is 12.3 Å². The lowest BCUT2D eigenvalue weighted by Gasteiger charge is -2.19. The minimum atomic E-state index is -0.493. The van der Waals surface area contributed by atoms with E-state index in [0.29, 0.717) is 17.8 Å². The Balaban J connectivity index is 2.16. The van der Waals surface area contributed by atoms with Crippen molar-refractivity contribution in [2.75, 3.05) is 11.9 Å². The van der Waals surface area contributed by atoms with Crippen molar-refractivity contribution in [3.63, 3.8) is 0 Å². The highest BCUT2D eigenvalue weighted by Crippen LogP contribution is 2.24. The summed E-state index contributed by atoms with van der Waals surface area (Å²) < 4.78 is 32.1.